The lowest BCUT2D eigenvalue weighted by Crippen LogP contribution is -2.52. The van der Waals surface area contributed by atoms with Gasteiger partial charge in [-0.3, -0.25) is 4.79 Å². The van der Waals surface area contributed by atoms with Gasteiger partial charge in [0.2, 0.25) is 5.91 Å². The lowest BCUT2D eigenvalue weighted by Gasteiger charge is -2.39. The van der Waals surface area contributed by atoms with Crippen molar-refractivity contribution in [3.8, 4) is 11.3 Å². The summed E-state index contributed by atoms with van der Waals surface area (Å²) in [5, 5.41) is 3.11. The summed E-state index contributed by atoms with van der Waals surface area (Å²) in [6.07, 6.45) is 9.43. The Labute approximate surface area is 166 Å². The highest BCUT2D eigenvalue weighted by Gasteiger charge is 2.33. The zero-order chi connectivity index (χ0) is 20.0. The number of carbonyl (C=O) groups excluding carboxylic acids is 1. The average Bonchev–Trinajstić information content (AvgIpc) is 3.01. The van der Waals surface area contributed by atoms with E-state index in [1.807, 2.05) is 0 Å². The van der Waals surface area contributed by atoms with Crippen molar-refractivity contribution < 1.29 is 13.6 Å². The fraction of sp³-hybridized carbons (Fsp3) is 0.545. The molecule has 1 amide bonds. The SMILES string of the molecule is CN(C)C1(CNC(=O)CCc2ncc(-c3ccccc3F)o2)CCCCCC1. The molecule has 1 fully saturated rings. The number of nitrogens with zero attached hydrogens (tertiary/aromatic N) is 2. The van der Waals surface area contributed by atoms with E-state index in [0.29, 0.717) is 36.6 Å². The van der Waals surface area contributed by atoms with Gasteiger partial charge in [0, 0.05) is 24.9 Å². The van der Waals surface area contributed by atoms with Crippen LogP contribution in [0.2, 0.25) is 0 Å². The molecule has 1 N–H and O–H groups in total. The molecule has 152 valence electrons. The van der Waals surface area contributed by atoms with Crippen molar-refractivity contribution in [2.75, 3.05) is 20.6 Å². The third-order valence-electron chi connectivity index (χ3n) is 5.86. The van der Waals surface area contributed by atoms with E-state index in [1.165, 1.54) is 37.9 Å². The van der Waals surface area contributed by atoms with Gasteiger partial charge in [-0.25, -0.2) is 9.37 Å². The second-order valence-electron chi connectivity index (χ2n) is 7.91. The van der Waals surface area contributed by atoms with E-state index >= 15 is 0 Å². The molecule has 2 aromatic rings. The Kier molecular flexibility index (Phi) is 6.83. The molecule has 1 heterocycles. The van der Waals surface area contributed by atoms with E-state index < -0.39 is 0 Å². The standard InChI is InChI=1S/C22H30FN3O2/c1-26(2)22(13-7-3-4-8-14-22)16-25-20(27)11-12-21-24-15-19(28-21)17-9-5-6-10-18(17)23/h5-6,9-10,15H,3-4,7-8,11-14,16H2,1-2H3,(H,25,27). The number of halogens is 1. The minimum absolute atomic E-state index is 0.00360. The highest BCUT2D eigenvalue weighted by Crippen LogP contribution is 2.30. The summed E-state index contributed by atoms with van der Waals surface area (Å²) in [7, 11) is 4.21. The third-order valence-corrected chi connectivity index (χ3v) is 5.86. The number of benzene rings is 1. The fourth-order valence-corrected chi connectivity index (χ4v) is 3.95. The first kappa shape index (κ1) is 20.5. The number of carbonyl (C=O) groups is 1. The van der Waals surface area contributed by atoms with Crippen LogP contribution in [0.1, 0.15) is 50.8 Å². The summed E-state index contributed by atoms with van der Waals surface area (Å²) < 4.78 is 19.5. The largest absolute Gasteiger partial charge is 0.441 e. The van der Waals surface area contributed by atoms with Crippen LogP contribution in [0, 0.1) is 5.82 Å². The molecule has 5 nitrogen and oxygen atoms in total. The van der Waals surface area contributed by atoms with Gasteiger partial charge in [0.15, 0.2) is 11.7 Å². The van der Waals surface area contributed by atoms with Gasteiger partial charge in [0.1, 0.15) is 5.82 Å². The van der Waals surface area contributed by atoms with Crippen molar-refractivity contribution in [1.82, 2.24) is 15.2 Å². The second-order valence-corrected chi connectivity index (χ2v) is 7.91. The summed E-state index contributed by atoms with van der Waals surface area (Å²) in [5.74, 6) is 0.486. The summed E-state index contributed by atoms with van der Waals surface area (Å²) in [6.45, 7) is 0.672. The quantitative estimate of drug-likeness (QED) is 0.724. The van der Waals surface area contributed by atoms with E-state index in [-0.39, 0.29) is 17.3 Å². The van der Waals surface area contributed by atoms with Gasteiger partial charge in [-0.15, -0.1) is 0 Å². The number of hydrogen-bond acceptors (Lipinski definition) is 4. The Morgan fingerprint density at radius 1 is 1.21 bits per heavy atom. The predicted molar refractivity (Wildman–Crippen MR) is 107 cm³/mol. The molecule has 0 bridgehead atoms. The van der Waals surface area contributed by atoms with E-state index in [1.54, 1.807) is 18.2 Å². The van der Waals surface area contributed by atoms with E-state index in [0.717, 1.165) is 12.8 Å². The van der Waals surface area contributed by atoms with Crippen molar-refractivity contribution in [2.24, 2.45) is 0 Å². The van der Waals surface area contributed by atoms with Crippen LogP contribution in [-0.4, -0.2) is 42.0 Å². The number of likely N-dealkylation sites (N-methyl/N-ethyl adjacent to an activating group) is 1. The maximum atomic E-state index is 13.9. The van der Waals surface area contributed by atoms with E-state index in [2.05, 4.69) is 29.3 Å². The molecule has 1 aromatic heterocycles. The maximum absolute atomic E-state index is 13.9. The van der Waals surface area contributed by atoms with Crippen LogP contribution in [0.5, 0.6) is 0 Å². The fourth-order valence-electron chi connectivity index (χ4n) is 3.95. The zero-order valence-corrected chi connectivity index (χ0v) is 16.8. The van der Waals surface area contributed by atoms with E-state index in [4.69, 9.17) is 4.42 Å². The minimum Gasteiger partial charge on any atom is -0.441 e. The molecule has 0 saturated heterocycles. The summed E-state index contributed by atoms with van der Waals surface area (Å²) in [5.41, 5.74) is 0.430. The Hall–Kier alpha value is -2.21. The van der Waals surface area contributed by atoms with Gasteiger partial charge in [0.25, 0.3) is 0 Å². The Morgan fingerprint density at radius 2 is 1.93 bits per heavy atom. The Bertz CT molecular complexity index is 780. The number of aryl methyl sites for hydroxylation is 1. The minimum atomic E-state index is -0.347. The highest BCUT2D eigenvalue weighted by atomic mass is 19.1. The molecule has 3 rings (SSSR count). The molecule has 0 aliphatic heterocycles. The van der Waals surface area contributed by atoms with Crippen molar-refractivity contribution in [1.29, 1.82) is 0 Å². The van der Waals surface area contributed by atoms with Gasteiger partial charge in [-0.2, -0.15) is 0 Å². The Morgan fingerprint density at radius 3 is 2.61 bits per heavy atom. The van der Waals surface area contributed by atoms with E-state index in [9.17, 15) is 9.18 Å². The van der Waals surface area contributed by atoms with Crippen LogP contribution in [0.4, 0.5) is 4.39 Å². The molecule has 0 unspecified atom stereocenters. The number of oxazole rings is 1. The van der Waals surface area contributed by atoms with Crippen LogP contribution in [0.3, 0.4) is 0 Å². The number of nitrogens with one attached hydrogen (secondary N) is 1. The average molecular weight is 387 g/mol. The molecule has 0 radical (unpaired) electrons. The first-order valence-corrected chi connectivity index (χ1v) is 10.1. The topological polar surface area (TPSA) is 58.4 Å². The summed E-state index contributed by atoms with van der Waals surface area (Å²) in [4.78, 5) is 18.8. The summed E-state index contributed by atoms with van der Waals surface area (Å²) >= 11 is 0. The van der Waals surface area contributed by atoms with Gasteiger partial charge in [-0.1, -0.05) is 37.8 Å². The number of hydrogen-bond donors (Lipinski definition) is 1. The van der Waals surface area contributed by atoms with Crippen molar-refractivity contribution in [2.45, 2.75) is 56.9 Å². The first-order valence-electron chi connectivity index (χ1n) is 10.1. The Balaban J connectivity index is 1.52. The van der Waals surface area contributed by atoms with Crippen molar-refractivity contribution in [3.05, 3.63) is 42.2 Å². The van der Waals surface area contributed by atoms with Gasteiger partial charge in [0.05, 0.1) is 11.8 Å². The van der Waals surface area contributed by atoms with Gasteiger partial charge < -0.3 is 14.6 Å². The van der Waals surface area contributed by atoms with Gasteiger partial charge in [-0.05, 0) is 39.1 Å². The number of amides is 1. The molecule has 1 saturated carbocycles. The van der Waals surface area contributed by atoms with Crippen molar-refractivity contribution >= 4 is 5.91 Å². The van der Waals surface area contributed by atoms with Crippen LogP contribution < -0.4 is 5.32 Å². The first-order chi connectivity index (χ1) is 13.5. The number of aromatic nitrogens is 1. The molecule has 1 aromatic carbocycles. The molecule has 1 aliphatic rings. The third kappa shape index (κ3) is 4.98. The van der Waals surface area contributed by atoms with Crippen LogP contribution >= 0.6 is 0 Å². The molecule has 0 spiro atoms. The smallest absolute Gasteiger partial charge is 0.220 e. The van der Waals surface area contributed by atoms with Crippen LogP contribution in [0.15, 0.2) is 34.9 Å². The highest BCUT2D eigenvalue weighted by molar-refractivity contribution is 5.76. The lowest BCUT2D eigenvalue weighted by molar-refractivity contribution is -0.121. The maximum Gasteiger partial charge on any atom is 0.220 e. The molecule has 0 atom stereocenters. The molecular weight excluding hydrogens is 357 g/mol. The predicted octanol–water partition coefficient (Wildman–Crippen LogP) is 4.18. The van der Waals surface area contributed by atoms with Crippen LogP contribution in [-0.2, 0) is 11.2 Å². The molecular formula is C22H30FN3O2. The molecule has 28 heavy (non-hydrogen) atoms. The second kappa shape index (κ2) is 9.32. The van der Waals surface area contributed by atoms with Crippen LogP contribution in [0.25, 0.3) is 11.3 Å². The summed E-state index contributed by atoms with van der Waals surface area (Å²) in [6, 6.07) is 6.43. The monoisotopic (exact) mass is 387 g/mol. The normalized spacial score (nSPS) is 16.7. The van der Waals surface area contributed by atoms with Gasteiger partial charge >= 0.3 is 0 Å². The lowest BCUT2D eigenvalue weighted by atomic mass is 9.88. The molecule has 1 aliphatic carbocycles. The molecule has 6 heteroatoms. The van der Waals surface area contributed by atoms with Crippen molar-refractivity contribution in [3.63, 3.8) is 0 Å². The number of rotatable bonds is 7. The zero-order valence-electron chi connectivity index (χ0n) is 16.8.